The zero-order chi connectivity index (χ0) is 15.4. The van der Waals surface area contributed by atoms with Gasteiger partial charge in [-0.1, -0.05) is 6.92 Å². The van der Waals surface area contributed by atoms with E-state index in [9.17, 15) is 9.59 Å². The average Bonchev–Trinajstić information content (AvgIpc) is 2.78. The second-order valence-corrected chi connectivity index (χ2v) is 5.39. The third kappa shape index (κ3) is 3.74. The van der Waals surface area contributed by atoms with E-state index in [2.05, 4.69) is 10.4 Å². The fourth-order valence-corrected chi connectivity index (χ4v) is 2.77. The molecule has 1 aliphatic heterocycles. The average molecular weight is 294 g/mol. The number of anilines is 1. The Bertz CT molecular complexity index is 526. The predicted molar refractivity (Wildman–Crippen MR) is 78.2 cm³/mol. The molecule has 0 spiro atoms. The summed E-state index contributed by atoms with van der Waals surface area (Å²) in [5, 5.41) is 16.1. The number of aromatic nitrogens is 2. The molecule has 1 aliphatic rings. The Balaban J connectivity index is 2.08. The number of hydrogen-bond acceptors (Lipinski definition) is 3. The molecular weight excluding hydrogens is 272 g/mol. The summed E-state index contributed by atoms with van der Waals surface area (Å²) in [7, 11) is 1.81. The maximum atomic E-state index is 12.4. The number of carbonyl (C=O) groups excluding carboxylic acids is 1. The number of piperidine rings is 1. The summed E-state index contributed by atoms with van der Waals surface area (Å²) >= 11 is 0. The van der Waals surface area contributed by atoms with Crippen molar-refractivity contribution in [3.05, 3.63) is 11.9 Å². The second kappa shape index (κ2) is 6.60. The Labute approximate surface area is 123 Å². The summed E-state index contributed by atoms with van der Waals surface area (Å²) in [4.78, 5) is 25.0. The quantitative estimate of drug-likeness (QED) is 0.887. The first-order valence-corrected chi connectivity index (χ1v) is 7.33. The third-order valence-corrected chi connectivity index (χ3v) is 3.78. The number of nitrogens with one attached hydrogen (secondary N) is 1. The minimum Gasteiger partial charge on any atom is -0.481 e. The van der Waals surface area contributed by atoms with E-state index in [1.807, 2.05) is 14.0 Å². The molecule has 1 unspecified atom stereocenters. The number of nitrogens with zero attached hydrogens (tertiary/aromatic N) is 3. The maximum Gasteiger partial charge on any atom is 0.322 e. The van der Waals surface area contributed by atoms with Gasteiger partial charge < -0.3 is 15.3 Å². The molecule has 0 saturated carbocycles. The number of urea groups is 1. The molecule has 0 aliphatic carbocycles. The Morgan fingerprint density at radius 3 is 2.90 bits per heavy atom. The van der Waals surface area contributed by atoms with Crippen molar-refractivity contribution in [1.29, 1.82) is 0 Å². The van der Waals surface area contributed by atoms with E-state index in [0.717, 1.165) is 31.4 Å². The predicted octanol–water partition coefficient (Wildman–Crippen LogP) is 1.84. The summed E-state index contributed by atoms with van der Waals surface area (Å²) in [5.74, 6) is -0.865. The van der Waals surface area contributed by atoms with Gasteiger partial charge in [-0.05, 0) is 25.7 Å². The Morgan fingerprint density at radius 2 is 2.24 bits per heavy atom. The molecule has 1 aromatic rings. The molecule has 7 nitrogen and oxygen atoms in total. The number of aliphatic carboxylic acids is 1. The van der Waals surface area contributed by atoms with Crippen molar-refractivity contribution in [2.75, 3.05) is 11.9 Å². The van der Waals surface area contributed by atoms with E-state index in [-0.39, 0.29) is 18.5 Å². The van der Waals surface area contributed by atoms with E-state index in [1.165, 1.54) is 0 Å². The highest BCUT2D eigenvalue weighted by Gasteiger charge is 2.29. The van der Waals surface area contributed by atoms with Crippen LogP contribution in [0.1, 0.15) is 38.3 Å². The first-order valence-electron chi connectivity index (χ1n) is 7.33. The summed E-state index contributed by atoms with van der Waals surface area (Å²) in [6.45, 7) is 2.58. The molecule has 7 heteroatoms. The largest absolute Gasteiger partial charge is 0.481 e. The highest BCUT2D eigenvalue weighted by Crippen LogP contribution is 2.22. The lowest BCUT2D eigenvalue weighted by Crippen LogP contribution is -2.46. The minimum atomic E-state index is -0.865. The van der Waals surface area contributed by atoms with Crippen LogP contribution in [0.5, 0.6) is 0 Å². The lowest BCUT2D eigenvalue weighted by Gasteiger charge is -2.34. The van der Waals surface area contributed by atoms with Crippen LogP contribution in [0.4, 0.5) is 10.5 Å². The van der Waals surface area contributed by atoms with E-state index >= 15 is 0 Å². The number of hydrogen-bond donors (Lipinski definition) is 2. The highest BCUT2D eigenvalue weighted by molar-refractivity contribution is 5.90. The number of amides is 2. The van der Waals surface area contributed by atoms with Crippen molar-refractivity contribution in [2.24, 2.45) is 7.05 Å². The zero-order valence-electron chi connectivity index (χ0n) is 12.5. The van der Waals surface area contributed by atoms with Crippen molar-refractivity contribution in [3.63, 3.8) is 0 Å². The molecule has 2 heterocycles. The number of rotatable bonds is 4. The molecule has 0 aromatic carbocycles. The van der Waals surface area contributed by atoms with E-state index in [0.29, 0.717) is 12.2 Å². The second-order valence-electron chi connectivity index (χ2n) is 5.39. The molecule has 0 radical (unpaired) electrons. The van der Waals surface area contributed by atoms with Crippen LogP contribution in [0.25, 0.3) is 0 Å². The molecule has 1 saturated heterocycles. The van der Waals surface area contributed by atoms with Crippen molar-refractivity contribution < 1.29 is 14.7 Å². The van der Waals surface area contributed by atoms with Gasteiger partial charge in [0.25, 0.3) is 0 Å². The molecular formula is C14H22N4O3. The van der Waals surface area contributed by atoms with Crippen molar-refractivity contribution in [3.8, 4) is 0 Å². The highest BCUT2D eigenvalue weighted by atomic mass is 16.4. The van der Waals surface area contributed by atoms with Gasteiger partial charge in [0, 0.05) is 25.8 Å². The van der Waals surface area contributed by atoms with Gasteiger partial charge in [0.2, 0.25) is 0 Å². The lowest BCUT2D eigenvalue weighted by molar-refractivity contribution is -0.138. The zero-order valence-corrected chi connectivity index (χ0v) is 12.5. The molecule has 1 fully saturated rings. The number of likely N-dealkylation sites (tertiary alicyclic amines) is 1. The van der Waals surface area contributed by atoms with Gasteiger partial charge in [0.15, 0.2) is 0 Å². The standard InChI is InChI=1S/C14H22N4O3/c1-3-11-12(9-17(2)16-11)15-14(21)18-7-5-4-6-10(18)8-13(19)20/h9-10H,3-8H2,1-2H3,(H,15,21)(H,19,20). The third-order valence-electron chi connectivity index (χ3n) is 3.78. The smallest absolute Gasteiger partial charge is 0.322 e. The first kappa shape index (κ1) is 15.3. The normalized spacial score (nSPS) is 18.6. The molecule has 1 aromatic heterocycles. The van der Waals surface area contributed by atoms with Crippen LogP contribution in [0, 0.1) is 0 Å². The molecule has 2 N–H and O–H groups in total. The van der Waals surface area contributed by atoms with Gasteiger partial charge in [-0.25, -0.2) is 4.79 Å². The number of carboxylic acid groups (broad SMARTS) is 1. The van der Waals surface area contributed by atoms with Gasteiger partial charge >= 0.3 is 12.0 Å². The van der Waals surface area contributed by atoms with Gasteiger partial charge in [-0.15, -0.1) is 0 Å². The summed E-state index contributed by atoms with van der Waals surface area (Å²) in [6, 6.07) is -0.457. The summed E-state index contributed by atoms with van der Waals surface area (Å²) < 4.78 is 1.67. The minimum absolute atomic E-state index is 0.00109. The van der Waals surface area contributed by atoms with Gasteiger partial charge in [0.05, 0.1) is 17.8 Å². The first-order chi connectivity index (χ1) is 10.0. The lowest BCUT2D eigenvalue weighted by atomic mass is 10.00. The Kier molecular flexibility index (Phi) is 4.82. The van der Waals surface area contributed by atoms with Crippen LogP contribution in [-0.2, 0) is 18.3 Å². The van der Waals surface area contributed by atoms with Crippen molar-refractivity contribution >= 4 is 17.7 Å². The van der Waals surface area contributed by atoms with Gasteiger partial charge in [-0.3, -0.25) is 9.48 Å². The molecule has 2 amide bonds. The number of carbonyl (C=O) groups is 2. The molecule has 21 heavy (non-hydrogen) atoms. The van der Waals surface area contributed by atoms with Crippen LogP contribution < -0.4 is 5.32 Å². The molecule has 0 bridgehead atoms. The SMILES string of the molecule is CCc1nn(C)cc1NC(=O)N1CCCCC1CC(=O)O. The monoisotopic (exact) mass is 294 g/mol. The number of aryl methyl sites for hydroxylation is 2. The topological polar surface area (TPSA) is 87.5 Å². The molecule has 2 rings (SSSR count). The van der Waals surface area contributed by atoms with Crippen LogP contribution in [-0.4, -0.2) is 44.4 Å². The van der Waals surface area contributed by atoms with Crippen LogP contribution in [0.2, 0.25) is 0 Å². The van der Waals surface area contributed by atoms with Crippen molar-refractivity contribution in [1.82, 2.24) is 14.7 Å². The van der Waals surface area contributed by atoms with Crippen LogP contribution in [0.15, 0.2) is 6.20 Å². The fraction of sp³-hybridized carbons (Fsp3) is 0.643. The van der Waals surface area contributed by atoms with Gasteiger partial charge in [-0.2, -0.15) is 5.10 Å². The maximum absolute atomic E-state index is 12.4. The fourth-order valence-electron chi connectivity index (χ4n) is 2.77. The Morgan fingerprint density at radius 1 is 1.48 bits per heavy atom. The van der Waals surface area contributed by atoms with Crippen LogP contribution in [0.3, 0.4) is 0 Å². The summed E-state index contributed by atoms with van der Waals surface area (Å²) in [5.41, 5.74) is 1.53. The van der Waals surface area contributed by atoms with Gasteiger partial charge in [0.1, 0.15) is 0 Å². The molecule has 116 valence electrons. The number of carboxylic acids is 1. The van der Waals surface area contributed by atoms with E-state index in [1.54, 1.807) is 15.8 Å². The summed E-state index contributed by atoms with van der Waals surface area (Å²) in [6.07, 6.45) is 5.13. The van der Waals surface area contributed by atoms with E-state index in [4.69, 9.17) is 5.11 Å². The van der Waals surface area contributed by atoms with Crippen LogP contribution >= 0.6 is 0 Å². The van der Waals surface area contributed by atoms with Crippen molar-refractivity contribution in [2.45, 2.75) is 45.1 Å². The Hall–Kier alpha value is -2.05. The molecule has 1 atom stereocenters. The van der Waals surface area contributed by atoms with E-state index < -0.39 is 5.97 Å².